The molecule has 11 heavy (non-hydrogen) atoms. The van der Waals surface area contributed by atoms with E-state index in [4.69, 9.17) is 12.2 Å². The molecule has 0 aliphatic rings. The van der Waals surface area contributed by atoms with Crippen molar-refractivity contribution in [3.05, 3.63) is 23.1 Å². The van der Waals surface area contributed by atoms with E-state index >= 15 is 0 Å². The lowest BCUT2D eigenvalue weighted by Crippen LogP contribution is -1.78. The van der Waals surface area contributed by atoms with Crippen LogP contribution in [0.3, 0.4) is 0 Å². The highest BCUT2D eigenvalue weighted by molar-refractivity contribution is 7.71. The molecule has 0 saturated carbocycles. The van der Waals surface area contributed by atoms with Crippen LogP contribution in [0.2, 0.25) is 0 Å². The SMILES string of the molecule is S=c1nc(-c2ccc[nH]2)[nH][nH]1. The third-order valence-electron chi connectivity index (χ3n) is 1.35. The third kappa shape index (κ3) is 1.10. The fraction of sp³-hybridized carbons (Fsp3) is 0. The van der Waals surface area contributed by atoms with Gasteiger partial charge >= 0.3 is 0 Å². The molecule has 0 fully saturated rings. The fourth-order valence-corrected chi connectivity index (χ4v) is 1.02. The van der Waals surface area contributed by atoms with Crippen molar-refractivity contribution < 1.29 is 0 Å². The van der Waals surface area contributed by atoms with Gasteiger partial charge in [-0.1, -0.05) is 0 Å². The maximum Gasteiger partial charge on any atom is 0.213 e. The summed E-state index contributed by atoms with van der Waals surface area (Å²) in [5.74, 6) is 0.736. The number of H-pyrrole nitrogens is 3. The summed E-state index contributed by atoms with van der Waals surface area (Å²) in [5.41, 5.74) is 0.928. The molecule has 2 aromatic heterocycles. The van der Waals surface area contributed by atoms with E-state index in [1.54, 1.807) is 0 Å². The molecule has 0 amide bonds. The van der Waals surface area contributed by atoms with Crippen molar-refractivity contribution in [1.29, 1.82) is 0 Å². The minimum absolute atomic E-state index is 0.467. The number of hydrogen-bond acceptors (Lipinski definition) is 2. The van der Waals surface area contributed by atoms with Crippen molar-refractivity contribution in [2.45, 2.75) is 0 Å². The molecule has 0 bridgehead atoms. The van der Waals surface area contributed by atoms with Gasteiger partial charge in [0.25, 0.3) is 0 Å². The van der Waals surface area contributed by atoms with E-state index in [9.17, 15) is 0 Å². The molecular weight excluding hydrogens is 160 g/mol. The fourth-order valence-electron chi connectivity index (χ4n) is 0.875. The van der Waals surface area contributed by atoms with Gasteiger partial charge in [0.05, 0.1) is 5.69 Å². The van der Waals surface area contributed by atoms with Gasteiger partial charge in [-0.15, -0.1) is 0 Å². The highest BCUT2D eigenvalue weighted by Crippen LogP contribution is 2.08. The molecule has 5 heteroatoms. The molecule has 0 unspecified atom stereocenters. The molecule has 3 N–H and O–H groups in total. The molecule has 2 rings (SSSR count). The molecule has 4 nitrogen and oxygen atoms in total. The minimum Gasteiger partial charge on any atom is -0.359 e. The Hall–Kier alpha value is -1.36. The number of nitrogens with zero attached hydrogens (tertiary/aromatic N) is 1. The average molecular weight is 166 g/mol. The van der Waals surface area contributed by atoms with E-state index in [-0.39, 0.29) is 0 Å². The van der Waals surface area contributed by atoms with Crippen LogP contribution in [0.5, 0.6) is 0 Å². The molecule has 0 radical (unpaired) electrons. The summed E-state index contributed by atoms with van der Waals surface area (Å²) in [6, 6.07) is 3.82. The summed E-state index contributed by atoms with van der Waals surface area (Å²) in [7, 11) is 0. The summed E-state index contributed by atoms with van der Waals surface area (Å²) >= 11 is 4.80. The quantitative estimate of drug-likeness (QED) is 0.562. The van der Waals surface area contributed by atoms with Crippen molar-refractivity contribution in [2.75, 3.05) is 0 Å². The largest absolute Gasteiger partial charge is 0.359 e. The number of rotatable bonds is 1. The Balaban J connectivity index is 2.53. The van der Waals surface area contributed by atoms with Gasteiger partial charge in [0.1, 0.15) is 0 Å². The van der Waals surface area contributed by atoms with Crippen LogP contribution >= 0.6 is 12.2 Å². The predicted molar refractivity (Wildman–Crippen MR) is 43.6 cm³/mol. The molecule has 0 atom stereocenters. The van der Waals surface area contributed by atoms with Crippen LogP contribution in [0.15, 0.2) is 18.3 Å². The van der Waals surface area contributed by atoms with Crippen LogP contribution < -0.4 is 0 Å². The maximum absolute atomic E-state index is 4.80. The molecular formula is C6H6N4S. The van der Waals surface area contributed by atoms with Gasteiger partial charge in [-0.3, -0.25) is 10.2 Å². The molecule has 0 spiro atoms. The van der Waals surface area contributed by atoms with Crippen LogP contribution in [0.1, 0.15) is 0 Å². The summed E-state index contributed by atoms with van der Waals surface area (Å²) in [4.78, 5) is 7.03. The molecule has 0 aliphatic carbocycles. The highest BCUT2D eigenvalue weighted by atomic mass is 32.1. The van der Waals surface area contributed by atoms with Gasteiger partial charge in [0, 0.05) is 6.20 Å². The van der Waals surface area contributed by atoms with Crippen molar-refractivity contribution in [1.82, 2.24) is 20.2 Å². The van der Waals surface area contributed by atoms with Crippen molar-refractivity contribution in [3.63, 3.8) is 0 Å². The number of aromatic nitrogens is 4. The van der Waals surface area contributed by atoms with Gasteiger partial charge in [0.2, 0.25) is 4.77 Å². The standard InChI is InChI=1S/C6H6N4S/c11-6-8-5(9-10-6)4-2-1-3-7-4/h1-3,7H,(H2,8,9,10,11). The second-order valence-corrected chi connectivity index (χ2v) is 2.49. The van der Waals surface area contributed by atoms with Crippen LogP contribution in [0, 0.1) is 4.77 Å². The number of aromatic amines is 3. The Morgan fingerprint density at radius 1 is 1.36 bits per heavy atom. The summed E-state index contributed by atoms with van der Waals surface area (Å²) in [6.45, 7) is 0. The lowest BCUT2D eigenvalue weighted by Gasteiger charge is -1.85. The Morgan fingerprint density at radius 2 is 2.27 bits per heavy atom. The topological polar surface area (TPSA) is 60.3 Å². The molecule has 56 valence electrons. The van der Waals surface area contributed by atoms with Crippen molar-refractivity contribution in [3.8, 4) is 11.5 Å². The summed E-state index contributed by atoms with van der Waals surface area (Å²) in [6.07, 6.45) is 1.83. The molecule has 2 heterocycles. The first-order chi connectivity index (χ1) is 5.36. The summed E-state index contributed by atoms with van der Waals surface area (Å²) < 4.78 is 0.467. The lowest BCUT2D eigenvalue weighted by atomic mass is 10.4. The van der Waals surface area contributed by atoms with Crippen LogP contribution in [-0.4, -0.2) is 20.2 Å². The first kappa shape index (κ1) is 6.36. The number of nitrogens with one attached hydrogen (secondary N) is 3. The maximum atomic E-state index is 4.80. The zero-order valence-electron chi connectivity index (χ0n) is 5.59. The van der Waals surface area contributed by atoms with Gasteiger partial charge in [0.15, 0.2) is 5.82 Å². The monoisotopic (exact) mass is 166 g/mol. The van der Waals surface area contributed by atoms with Crippen molar-refractivity contribution >= 4 is 12.2 Å². The third-order valence-corrected chi connectivity index (χ3v) is 1.55. The smallest absolute Gasteiger partial charge is 0.213 e. The van der Waals surface area contributed by atoms with Crippen LogP contribution in [0.25, 0.3) is 11.5 Å². The van der Waals surface area contributed by atoms with E-state index in [1.807, 2.05) is 18.3 Å². The van der Waals surface area contributed by atoms with Crippen LogP contribution in [-0.2, 0) is 0 Å². The zero-order chi connectivity index (χ0) is 7.68. The Labute approximate surface area is 67.7 Å². The Kier molecular flexibility index (Phi) is 1.36. The first-order valence-electron chi connectivity index (χ1n) is 3.15. The molecule has 2 aromatic rings. The van der Waals surface area contributed by atoms with E-state index in [0.717, 1.165) is 11.5 Å². The normalized spacial score (nSPS) is 10.2. The average Bonchev–Trinajstić information content (AvgIpc) is 2.55. The highest BCUT2D eigenvalue weighted by Gasteiger charge is 1.98. The minimum atomic E-state index is 0.467. The number of hydrogen-bond donors (Lipinski definition) is 3. The molecule has 0 aromatic carbocycles. The lowest BCUT2D eigenvalue weighted by molar-refractivity contribution is 1.08. The van der Waals surface area contributed by atoms with Gasteiger partial charge in [-0.25, -0.2) is 0 Å². The van der Waals surface area contributed by atoms with E-state index in [1.165, 1.54) is 0 Å². The predicted octanol–water partition coefficient (Wildman–Crippen LogP) is 1.46. The van der Waals surface area contributed by atoms with Gasteiger partial charge in [-0.2, -0.15) is 4.98 Å². The second-order valence-electron chi connectivity index (χ2n) is 2.10. The van der Waals surface area contributed by atoms with E-state index in [0.29, 0.717) is 4.77 Å². The second kappa shape index (κ2) is 2.35. The van der Waals surface area contributed by atoms with Crippen molar-refractivity contribution in [2.24, 2.45) is 0 Å². The van der Waals surface area contributed by atoms with E-state index < -0.39 is 0 Å². The Morgan fingerprint density at radius 3 is 2.82 bits per heavy atom. The molecule has 0 saturated heterocycles. The summed E-state index contributed by atoms with van der Waals surface area (Å²) in [5, 5.41) is 5.55. The molecule has 0 aliphatic heterocycles. The zero-order valence-corrected chi connectivity index (χ0v) is 6.40. The van der Waals surface area contributed by atoms with E-state index in [2.05, 4.69) is 20.2 Å². The van der Waals surface area contributed by atoms with Gasteiger partial charge in [-0.05, 0) is 24.4 Å². The van der Waals surface area contributed by atoms with Gasteiger partial charge < -0.3 is 4.98 Å². The van der Waals surface area contributed by atoms with Crippen LogP contribution in [0.4, 0.5) is 0 Å². The first-order valence-corrected chi connectivity index (χ1v) is 3.55. The Bertz CT molecular complexity index is 383.